The number of carboxylic acid groups (broad SMARTS) is 1. The molecule has 0 spiro atoms. The van der Waals surface area contributed by atoms with Crippen molar-refractivity contribution in [2.45, 2.75) is 58.8 Å². The van der Waals surface area contributed by atoms with Crippen LogP contribution < -0.4 is 5.32 Å². The molecule has 2 atom stereocenters. The van der Waals surface area contributed by atoms with E-state index in [1.165, 1.54) is 29.1 Å². The molecule has 2 heterocycles. The number of nitrogens with one attached hydrogen (secondary N) is 1. The fraction of sp³-hybridized carbons (Fsp3) is 0.333. The zero-order valence-electron chi connectivity index (χ0n) is 22.1. The summed E-state index contributed by atoms with van der Waals surface area (Å²) in [4.78, 5) is 43.6. The van der Waals surface area contributed by atoms with Crippen LogP contribution in [0.1, 0.15) is 32.8 Å². The number of aliphatic carboxylic acids is 1. The van der Waals surface area contributed by atoms with Gasteiger partial charge in [0.25, 0.3) is 5.91 Å². The van der Waals surface area contributed by atoms with E-state index < -0.39 is 38.2 Å². The number of allylic oxidation sites excluding steroid dienone is 1. The second-order valence-corrected chi connectivity index (χ2v) is 15.7. The smallest absolute Gasteiger partial charge is 0.356 e. The number of para-hydroxylation sites is 1. The van der Waals surface area contributed by atoms with Crippen LogP contribution in [0.15, 0.2) is 70.4 Å². The highest BCUT2D eigenvalue weighted by Crippen LogP contribution is 2.58. The van der Waals surface area contributed by atoms with Gasteiger partial charge in [-0.15, -0.1) is 11.3 Å². The van der Waals surface area contributed by atoms with Crippen LogP contribution in [0.4, 0.5) is 0 Å². The fourth-order valence-corrected chi connectivity index (χ4v) is 9.58. The van der Waals surface area contributed by atoms with Gasteiger partial charge in [-0.05, 0) is 49.3 Å². The number of benzene rings is 2. The van der Waals surface area contributed by atoms with E-state index in [1.807, 2.05) is 30.3 Å². The average molecular weight is 675 g/mol. The summed E-state index contributed by atoms with van der Waals surface area (Å²) in [6.07, 6.45) is -0.670. The molecular formula is C27H26Cl3N3O5S3. The third-order valence-corrected chi connectivity index (χ3v) is 10.8. The van der Waals surface area contributed by atoms with Crippen molar-refractivity contribution in [3.05, 3.63) is 71.6 Å². The Hall–Kier alpha value is -2.15. The van der Waals surface area contributed by atoms with Crippen LogP contribution in [0.5, 0.6) is 0 Å². The summed E-state index contributed by atoms with van der Waals surface area (Å²) in [5.74, 6) is -2.49. The molecule has 1 saturated heterocycles. The van der Waals surface area contributed by atoms with E-state index >= 15 is 0 Å². The van der Waals surface area contributed by atoms with Gasteiger partial charge in [0.2, 0.25) is 5.91 Å². The zero-order valence-corrected chi connectivity index (χ0v) is 26.8. The summed E-state index contributed by atoms with van der Waals surface area (Å²) in [6, 6.07) is 15.4. The SMILES string of the molecule is CC(OC(C)C)=C(C(=O)O)N1C(=O)C(NC(=O)Cc2ccccc2)C1(CC(Cl)(Cl)Cl)SSc1nc2ccccc2s1. The third kappa shape index (κ3) is 7.44. The third-order valence-electron chi connectivity index (χ3n) is 5.97. The highest BCUT2D eigenvalue weighted by atomic mass is 35.6. The van der Waals surface area contributed by atoms with Crippen molar-refractivity contribution in [2.24, 2.45) is 0 Å². The molecular weight excluding hydrogens is 649 g/mol. The Morgan fingerprint density at radius 2 is 1.83 bits per heavy atom. The standard InChI is InChI=1S/C27H26Cl3N3O5S3/c1-15(2)38-16(3)21(24(36)37)33-23(35)22(32-20(34)13-17-9-5-4-6-10-17)26(33,14-27(28,29)30)41-40-25-31-18-11-7-8-12-19(18)39-25/h4-12,15,22H,13-14H2,1-3H3,(H,32,34)(H,36,37). The van der Waals surface area contributed by atoms with Gasteiger partial charge in [0, 0.05) is 6.42 Å². The van der Waals surface area contributed by atoms with Crippen molar-refractivity contribution in [3.8, 4) is 0 Å². The number of aromatic nitrogens is 1. The monoisotopic (exact) mass is 673 g/mol. The molecule has 0 radical (unpaired) electrons. The molecule has 14 heteroatoms. The first kappa shape index (κ1) is 31.8. The first-order chi connectivity index (χ1) is 19.3. The number of rotatable bonds is 11. The van der Waals surface area contributed by atoms with Gasteiger partial charge in [-0.2, -0.15) is 0 Å². The molecule has 4 rings (SSSR count). The topological polar surface area (TPSA) is 109 Å². The van der Waals surface area contributed by atoms with Crippen LogP contribution >= 0.6 is 67.7 Å². The maximum atomic E-state index is 13.7. The predicted molar refractivity (Wildman–Crippen MR) is 166 cm³/mol. The Morgan fingerprint density at radius 1 is 1.17 bits per heavy atom. The van der Waals surface area contributed by atoms with Gasteiger partial charge < -0.3 is 15.2 Å². The number of ether oxygens (including phenoxy) is 1. The van der Waals surface area contributed by atoms with E-state index in [0.29, 0.717) is 4.34 Å². The lowest BCUT2D eigenvalue weighted by Crippen LogP contribution is -2.78. The van der Waals surface area contributed by atoms with E-state index in [1.54, 1.807) is 38.1 Å². The number of carboxylic acids is 1. The van der Waals surface area contributed by atoms with E-state index in [0.717, 1.165) is 31.5 Å². The fourth-order valence-electron chi connectivity index (χ4n) is 4.43. The first-order valence-corrected chi connectivity index (χ1v) is 16.5. The second kappa shape index (κ2) is 13.0. The van der Waals surface area contributed by atoms with E-state index in [2.05, 4.69) is 10.3 Å². The number of halogens is 3. The van der Waals surface area contributed by atoms with Gasteiger partial charge in [-0.1, -0.05) is 88.1 Å². The maximum Gasteiger partial charge on any atom is 0.356 e. The van der Waals surface area contributed by atoms with Crippen molar-refractivity contribution in [1.82, 2.24) is 15.2 Å². The number of β-lactam (4-membered cyclic amide) rings is 1. The second-order valence-electron chi connectivity index (χ2n) is 9.46. The molecule has 0 aliphatic carbocycles. The van der Waals surface area contributed by atoms with Gasteiger partial charge in [0.15, 0.2) is 13.8 Å². The lowest BCUT2D eigenvalue weighted by molar-refractivity contribution is -0.158. The summed E-state index contributed by atoms with van der Waals surface area (Å²) in [5.41, 5.74) is 1.13. The van der Waals surface area contributed by atoms with Gasteiger partial charge in [0.05, 0.1) is 22.7 Å². The number of amides is 2. The minimum atomic E-state index is -1.92. The van der Waals surface area contributed by atoms with Crippen LogP contribution in [0.25, 0.3) is 10.2 Å². The number of carbonyl (C=O) groups is 3. The van der Waals surface area contributed by atoms with Gasteiger partial charge >= 0.3 is 5.97 Å². The number of carbonyl (C=O) groups excluding carboxylic acids is 2. The molecule has 1 fully saturated rings. The van der Waals surface area contributed by atoms with Gasteiger partial charge in [-0.3, -0.25) is 14.5 Å². The van der Waals surface area contributed by atoms with E-state index in [9.17, 15) is 19.5 Å². The Labute approximate surface area is 264 Å². The van der Waals surface area contributed by atoms with Crippen molar-refractivity contribution in [1.29, 1.82) is 0 Å². The molecule has 2 unspecified atom stereocenters. The number of thiazole rings is 1. The Morgan fingerprint density at radius 3 is 2.44 bits per heavy atom. The Bertz CT molecular complexity index is 1450. The maximum absolute atomic E-state index is 13.7. The van der Waals surface area contributed by atoms with Crippen molar-refractivity contribution < 1.29 is 24.2 Å². The molecule has 2 amide bonds. The number of nitrogens with zero attached hydrogens (tertiary/aromatic N) is 2. The van der Waals surface area contributed by atoms with Crippen LogP contribution in [-0.2, 0) is 25.5 Å². The molecule has 3 aromatic rings. The zero-order chi connectivity index (χ0) is 29.9. The molecule has 41 heavy (non-hydrogen) atoms. The Balaban J connectivity index is 1.76. The van der Waals surface area contributed by atoms with Crippen LogP contribution in [0.2, 0.25) is 0 Å². The molecule has 218 valence electrons. The number of hydrogen-bond donors (Lipinski definition) is 2. The molecule has 1 aromatic heterocycles. The lowest BCUT2D eigenvalue weighted by atomic mass is 9.89. The van der Waals surface area contributed by atoms with Crippen LogP contribution in [-0.4, -0.2) is 53.6 Å². The number of hydrogen-bond acceptors (Lipinski definition) is 8. The minimum Gasteiger partial charge on any atom is -0.493 e. The highest BCUT2D eigenvalue weighted by Gasteiger charge is 2.66. The lowest BCUT2D eigenvalue weighted by Gasteiger charge is -2.57. The molecule has 0 saturated carbocycles. The average Bonchev–Trinajstić information content (AvgIpc) is 3.31. The first-order valence-electron chi connectivity index (χ1n) is 12.4. The summed E-state index contributed by atoms with van der Waals surface area (Å²) in [6.45, 7) is 4.93. The summed E-state index contributed by atoms with van der Waals surface area (Å²) in [5, 5.41) is 13.0. The largest absolute Gasteiger partial charge is 0.493 e. The molecule has 0 bridgehead atoms. The van der Waals surface area contributed by atoms with Crippen LogP contribution in [0.3, 0.4) is 0 Å². The summed E-state index contributed by atoms with van der Waals surface area (Å²) < 4.78 is 5.37. The minimum absolute atomic E-state index is 0.00125. The molecule has 8 nitrogen and oxygen atoms in total. The van der Waals surface area contributed by atoms with Crippen LogP contribution in [0, 0.1) is 0 Å². The van der Waals surface area contributed by atoms with Crippen molar-refractivity contribution in [3.63, 3.8) is 0 Å². The van der Waals surface area contributed by atoms with E-state index in [-0.39, 0.29) is 24.7 Å². The van der Waals surface area contributed by atoms with Gasteiger partial charge in [-0.25, -0.2) is 9.78 Å². The summed E-state index contributed by atoms with van der Waals surface area (Å²) >= 11 is 20.4. The normalized spacial score (nSPS) is 19.6. The van der Waals surface area contributed by atoms with E-state index in [4.69, 9.17) is 39.5 Å². The van der Waals surface area contributed by atoms with Crippen molar-refractivity contribution >= 4 is 95.7 Å². The Kier molecular flexibility index (Phi) is 10.1. The summed E-state index contributed by atoms with van der Waals surface area (Å²) in [7, 11) is 2.32. The number of alkyl halides is 3. The van der Waals surface area contributed by atoms with Crippen molar-refractivity contribution in [2.75, 3.05) is 0 Å². The highest BCUT2D eigenvalue weighted by molar-refractivity contribution is 8.77. The quantitative estimate of drug-likeness (QED) is 0.0752. The molecule has 1 aliphatic heterocycles. The van der Waals surface area contributed by atoms with Gasteiger partial charge in [0.1, 0.15) is 16.7 Å². The predicted octanol–water partition coefficient (Wildman–Crippen LogP) is 6.80. The number of fused-ring (bicyclic) bond motifs is 1. The molecule has 2 aromatic carbocycles. The number of likely N-dealkylation sites (tertiary alicyclic amines) is 1. The molecule has 1 aliphatic rings. The molecule has 2 N–H and O–H groups in total.